The van der Waals surface area contributed by atoms with Crippen LogP contribution in [0.15, 0.2) is 46.2 Å². The summed E-state index contributed by atoms with van der Waals surface area (Å²) < 4.78 is 13.5. The molecule has 2 aromatic rings. The van der Waals surface area contributed by atoms with Gasteiger partial charge in [0.05, 0.1) is 5.02 Å². The minimum absolute atomic E-state index is 0.0148. The number of rotatable bonds is 5. The third-order valence-corrected chi connectivity index (χ3v) is 4.99. The van der Waals surface area contributed by atoms with Crippen molar-refractivity contribution >= 4 is 35.0 Å². The van der Waals surface area contributed by atoms with Crippen molar-refractivity contribution in [2.45, 2.75) is 35.6 Å². The molecule has 0 aliphatic rings. The number of benzene rings is 2. The van der Waals surface area contributed by atoms with Crippen molar-refractivity contribution in [3.05, 3.63) is 57.8 Å². The minimum atomic E-state index is -0.255. The molecule has 112 valence electrons. The van der Waals surface area contributed by atoms with Gasteiger partial charge >= 0.3 is 0 Å². The molecule has 0 fully saturated rings. The maximum absolute atomic E-state index is 13.5. The van der Waals surface area contributed by atoms with Gasteiger partial charge in [0.25, 0.3) is 0 Å². The van der Waals surface area contributed by atoms with E-state index in [1.807, 2.05) is 6.92 Å². The Balaban J connectivity index is 2.32. The predicted molar refractivity (Wildman–Crippen MR) is 89.0 cm³/mol. The van der Waals surface area contributed by atoms with Gasteiger partial charge in [-0.1, -0.05) is 41.9 Å². The van der Waals surface area contributed by atoms with E-state index in [1.165, 1.54) is 23.9 Å². The number of hydrogen-bond acceptors (Lipinski definition) is 2. The molecule has 0 heterocycles. The Morgan fingerprint density at radius 1 is 1.14 bits per heavy atom. The second-order valence-corrected chi connectivity index (χ2v) is 6.73. The van der Waals surface area contributed by atoms with Gasteiger partial charge < -0.3 is 5.73 Å². The summed E-state index contributed by atoms with van der Waals surface area (Å²) in [5.74, 6) is -0.255. The molecule has 0 amide bonds. The van der Waals surface area contributed by atoms with Gasteiger partial charge in [-0.2, -0.15) is 0 Å². The normalized spacial score (nSPS) is 12.4. The Morgan fingerprint density at radius 3 is 2.62 bits per heavy atom. The van der Waals surface area contributed by atoms with E-state index < -0.39 is 0 Å². The van der Waals surface area contributed by atoms with Crippen molar-refractivity contribution in [3.63, 3.8) is 0 Å². The minimum Gasteiger partial charge on any atom is -0.327 e. The summed E-state index contributed by atoms with van der Waals surface area (Å²) >= 11 is 13.7. The second-order valence-electron chi connectivity index (χ2n) is 4.80. The van der Waals surface area contributed by atoms with Crippen LogP contribution in [0.1, 0.15) is 18.9 Å². The summed E-state index contributed by atoms with van der Waals surface area (Å²) in [5, 5.41) is 1.25. The van der Waals surface area contributed by atoms with E-state index in [9.17, 15) is 4.39 Å². The zero-order chi connectivity index (χ0) is 15.4. The van der Waals surface area contributed by atoms with Crippen molar-refractivity contribution in [1.82, 2.24) is 0 Å². The molecule has 0 spiro atoms. The van der Waals surface area contributed by atoms with E-state index >= 15 is 0 Å². The first-order valence-corrected chi connectivity index (χ1v) is 8.23. The highest BCUT2D eigenvalue weighted by Gasteiger charge is 2.11. The average molecular weight is 344 g/mol. The smallest absolute Gasteiger partial charge is 0.123 e. The average Bonchev–Trinajstić information content (AvgIpc) is 2.45. The molecule has 0 aliphatic carbocycles. The molecule has 0 bridgehead atoms. The number of nitrogens with two attached hydrogens (primary N) is 1. The molecule has 1 unspecified atom stereocenters. The lowest BCUT2D eigenvalue weighted by Crippen LogP contribution is -2.21. The van der Waals surface area contributed by atoms with Crippen LogP contribution >= 0.6 is 35.0 Å². The molecule has 0 saturated carbocycles. The standard InChI is InChI=1S/C16H16Cl2FNS/c1-2-13(20)8-10-7-12(19)4-6-15(10)21-16-9-11(17)3-5-14(16)18/h3-7,9,13H,2,8,20H2,1H3. The van der Waals surface area contributed by atoms with Gasteiger partial charge in [0, 0.05) is 20.9 Å². The summed E-state index contributed by atoms with van der Waals surface area (Å²) in [6.45, 7) is 2.02. The first kappa shape index (κ1) is 16.6. The lowest BCUT2D eigenvalue weighted by molar-refractivity contribution is 0.610. The molecule has 0 radical (unpaired) electrons. The Hall–Kier alpha value is -0.740. The summed E-state index contributed by atoms with van der Waals surface area (Å²) in [4.78, 5) is 1.80. The number of halogens is 3. The van der Waals surface area contributed by atoms with Crippen molar-refractivity contribution < 1.29 is 4.39 Å². The molecule has 1 nitrogen and oxygen atoms in total. The molecule has 2 aromatic carbocycles. The zero-order valence-electron chi connectivity index (χ0n) is 11.6. The molecule has 0 saturated heterocycles. The van der Waals surface area contributed by atoms with E-state index in [1.54, 1.807) is 24.3 Å². The van der Waals surface area contributed by atoms with Crippen molar-refractivity contribution in [3.8, 4) is 0 Å². The third-order valence-electron chi connectivity index (χ3n) is 3.14. The lowest BCUT2D eigenvalue weighted by atomic mass is 10.0. The fourth-order valence-corrected chi connectivity index (χ4v) is 3.38. The van der Waals surface area contributed by atoms with Gasteiger partial charge in [-0.15, -0.1) is 0 Å². The van der Waals surface area contributed by atoms with Crippen LogP contribution in [0.2, 0.25) is 10.0 Å². The van der Waals surface area contributed by atoms with Crippen molar-refractivity contribution in [2.75, 3.05) is 0 Å². The van der Waals surface area contributed by atoms with E-state index in [0.29, 0.717) is 16.5 Å². The van der Waals surface area contributed by atoms with Gasteiger partial charge in [-0.25, -0.2) is 4.39 Å². The lowest BCUT2D eigenvalue weighted by Gasteiger charge is -2.14. The van der Waals surface area contributed by atoms with Crippen LogP contribution in [-0.4, -0.2) is 6.04 Å². The van der Waals surface area contributed by atoms with E-state index in [0.717, 1.165) is 21.8 Å². The van der Waals surface area contributed by atoms with Crippen LogP contribution in [0.3, 0.4) is 0 Å². The molecule has 2 N–H and O–H groups in total. The van der Waals surface area contributed by atoms with Crippen LogP contribution in [0.5, 0.6) is 0 Å². The highest BCUT2D eigenvalue weighted by molar-refractivity contribution is 7.99. The SMILES string of the molecule is CCC(N)Cc1cc(F)ccc1Sc1cc(Cl)ccc1Cl. The summed E-state index contributed by atoms with van der Waals surface area (Å²) in [6.07, 6.45) is 1.48. The van der Waals surface area contributed by atoms with Crippen LogP contribution in [-0.2, 0) is 6.42 Å². The fraction of sp³-hybridized carbons (Fsp3) is 0.250. The first-order valence-electron chi connectivity index (χ1n) is 6.66. The molecule has 0 aliphatic heterocycles. The van der Waals surface area contributed by atoms with Crippen molar-refractivity contribution in [1.29, 1.82) is 0 Å². The Morgan fingerprint density at radius 2 is 1.90 bits per heavy atom. The predicted octanol–water partition coefficient (Wildman–Crippen LogP) is 5.56. The third kappa shape index (κ3) is 4.62. The molecular formula is C16H16Cl2FNS. The van der Waals surface area contributed by atoms with Gasteiger partial charge in [-0.3, -0.25) is 0 Å². The Labute approximate surface area is 138 Å². The molecule has 2 rings (SSSR count). The van der Waals surface area contributed by atoms with Crippen LogP contribution in [0, 0.1) is 5.82 Å². The molecule has 5 heteroatoms. The van der Waals surface area contributed by atoms with Gasteiger partial charge in [0.2, 0.25) is 0 Å². The fourth-order valence-electron chi connectivity index (χ4n) is 1.91. The van der Waals surface area contributed by atoms with Crippen LogP contribution < -0.4 is 5.73 Å². The molecular weight excluding hydrogens is 328 g/mol. The summed E-state index contributed by atoms with van der Waals surface area (Å²) in [7, 11) is 0. The summed E-state index contributed by atoms with van der Waals surface area (Å²) in [6, 6.07) is 10.1. The van der Waals surface area contributed by atoms with Gasteiger partial charge in [0.15, 0.2) is 0 Å². The van der Waals surface area contributed by atoms with E-state index in [4.69, 9.17) is 28.9 Å². The van der Waals surface area contributed by atoms with E-state index in [2.05, 4.69) is 0 Å². The Kier molecular flexibility index (Phi) is 5.94. The number of hydrogen-bond donors (Lipinski definition) is 1. The first-order chi connectivity index (χ1) is 9.99. The van der Waals surface area contributed by atoms with Crippen LogP contribution in [0.25, 0.3) is 0 Å². The topological polar surface area (TPSA) is 26.0 Å². The Bertz CT molecular complexity index is 634. The van der Waals surface area contributed by atoms with E-state index in [-0.39, 0.29) is 11.9 Å². The largest absolute Gasteiger partial charge is 0.327 e. The maximum Gasteiger partial charge on any atom is 0.123 e. The van der Waals surface area contributed by atoms with Crippen LogP contribution in [0.4, 0.5) is 4.39 Å². The second kappa shape index (κ2) is 7.50. The zero-order valence-corrected chi connectivity index (χ0v) is 13.9. The quantitative estimate of drug-likeness (QED) is 0.768. The van der Waals surface area contributed by atoms with Gasteiger partial charge in [0.1, 0.15) is 5.82 Å². The molecule has 21 heavy (non-hydrogen) atoms. The molecule has 1 atom stereocenters. The summed E-state index contributed by atoms with van der Waals surface area (Å²) in [5.41, 5.74) is 6.89. The van der Waals surface area contributed by atoms with Crippen molar-refractivity contribution in [2.24, 2.45) is 5.73 Å². The highest BCUT2D eigenvalue weighted by atomic mass is 35.5. The maximum atomic E-state index is 13.5. The monoisotopic (exact) mass is 343 g/mol. The molecule has 0 aromatic heterocycles. The highest BCUT2D eigenvalue weighted by Crippen LogP contribution is 2.37. The van der Waals surface area contributed by atoms with Gasteiger partial charge in [-0.05, 0) is 54.8 Å².